The smallest absolute Gasteiger partial charge is 0.257 e. The lowest BCUT2D eigenvalue weighted by Gasteiger charge is -2.15. The lowest BCUT2D eigenvalue weighted by molar-refractivity contribution is 0.102. The van der Waals surface area contributed by atoms with Crippen LogP contribution in [0, 0.1) is 0 Å². The van der Waals surface area contributed by atoms with Gasteiger partial charge < -0.3 is 0 Å². The molecule has 144 valence electrons. The van der Waals surface area contributed by atoms with Gasteiger partial charge >= 0.3 is 0 Å². The second-order valence-electron chi connectivity index (χ2n) is 6.24. The van der Waals surface area contributed by atoms with E-state index in [0.717, 1.165) is 18.4 Å². The fourth-order valence-corrected chi connectivity index (χ4v) is 5.15. The Hall–Kier alpha value is -2.69. The van der Waals surface area contributed by atoms with Gasteiger partial charge in [-0.3, -0.25) is 15.1 Å². The molecule has 8 nitrogen and oxygen atoms in total. The minimum atomic E-state index is -3.49. The number of benzene rings is 1. The molecule has 1 N–H and O–H groups in total. The van der Waals surface area contributed by atoms with Gasteiger partial charge in [0.25, 0.3) is 5.91 Å². The number of carbonyl (C=O) groups is 1. The lowest BCUT2D eigenvalue weighted by Crippen LogP contribution is -2.27. The molecule has 3 aromatic rings. The molecule has 1 aromatic carbocycles. The zero-order chi connectivity index (χ0) is 19.6. The molecule has 0 saturated carbocycles. The highest BCUT2D eigenvalue weighted by molar-refractivity contribution is 7.89. The number of pyridine rings is 1. The Kier molecular flexibility index (Phi) is 5.16. The lowest BCUT2D eigenvalue weighted by atomic mass is 10.2. The van der Waals surface area contributed by atoms with Crippen molar-refractivity contribution in [3.05, 3.63) is 54.4 Å². The van der Waals surface area contributed by atoms with Gasteiger partial charge in [0.15, 0.2) is 5.01 Å². The van der Waals surface area contributed by atoms with Gasteiger partial charge in [-0.05, 0) is 49.2 Å². The standard InChI is InChI=1S/C18H17N5O3S2/c24-16(20-18-22-21-17(27-18)14-4-3-9-19-12-14)13-5-7-15(8-6-13)28(25,26)23-10-1-2-11-23/h3-9,12H,1-2,10-11H2,(H,20,22,24). The Morgan fingerprint density at radius 2 is 1.82 bits per heavy atom. The Morgan fingerprint density at radius 1 is 1.07 bits per heavy atom. The molecule has 0 radical (unpaired) electrons. The third-order valence-corrected chi connectivity index (χ3v) is 7.17. The van der Waals surface area contributed by atoms with Crippen molar-refractivity contribution in [2.75, 3.05) is 18.4 Å². The molecular weight excluding hydrogens is 398 g/mol. The van der Waals surface area contributed by atoms with Gasteiger partial charge in [-0.25, -0.2) is 8.42 Å². The Labute approximate surface area is 166 Å². The van der Waals surface area contributed by atoms with Crippen LogP contribution in [0.1, 0.15) is 23.2 Å². The number of rotatable bonds is 5. The van der Waals surface area contributed by atoms with Crippen LogP contribution in [0.2, 0.25) is 0 Å². The van der Waals surface area contributed by atoms with Crippen LogP contribution >= 0.6 is 11.3 Å². The number of anilines is 1. The third kappa shape index (κ3) is 3.79. The molecule has 0 bridgehead atoms. The van der Waals surface area contributed by atoms with E-state index in [9.17, 15) is 13.2 Å². The SMILES string of the molecule is O=C(Nc1nnc(-c2cccnc2)s1)c1ccc(S(=O)(=O)N2CCCC2)cc1. The molecule has 0 aliphatic carbocycles. The van der Waals surface area contributed by atoms with Crippen LogP contribution in [-0.4, -0.2) is 46.9 Å². The highest BCUT2D eigenvalue weighted by Crippen LogP contribution is 2.26. The van der Waals surface area contributed by atoms with Crippen LogP contribution in [0.25, 0.3) is 10.6 Å². The molecule has 4 rings (SSSR count). The predicted molar refractivity (Wildman–Crippen MR) is 106 cm³/mol. The van der Waals surface area contributed by atoms with Gasteiger partial charge in [0.2, 0.25) is 15.2 Å². The Bertz CT molecular complexity index is 1080. The van der Waals surface area contributed by atoms with Crippen molar-refractivity contribution in [2.24, 2.45) is 0 Å². The zero-order valence-electron chi connectivity index (χ0n) is 14.8. The number of nitrogens with one attached hydrogen (secondary N) is 1. The summed E-state index contributed by atoms with van der Waals surface area (Å²) in [6, 6.07) is 9.58. The van der Waals surface area contributed by atoms with Crippen LogP contribution in [0.3, 0.4) is 0 Å². The van der Waals surface area contributed by atoms with E-state index in [1.54, 1.807) is 18.5 Å². The van der Waals surface area contributed by atoms with E-state index in [1.165, 1.54) is 39.9 Å². The van der Waals surface area contributed by atoms with Crippen LogP contribution in [0.4, 0.5) is 5.13 Å². The van der Waals surface area contributed by atoms with E-state index in [4.69, 9.17) is 0 Å². The first kappa shape index (κ1) is 18.7. The van der Waals surface area contributed by atoms with Crippen molar-refractivity contribution in [2.45, 2.75) is 17.7 Å². The third-order valence-electron chi connectivity index (χ3n) is 4.37. The molecule has 3 heterocycles. The van der Waals surface area contributed by atoms with Crippen molar-refractivity contribution >= 4 is 32.4 Å². The molecule has 2 aromatic heterocycles. The summed E-state index contributed by atoms with van der Waals surface area (Å²) < 4.78 is 26.6. The molecule has 28 heavy (non-hydrogen) atoms. The number of carbonyl (C=O) groups excluding carboxylic acids is 1. The number of sulfonamides is 1. The molecular formula is C18H17N5O3S2. The van der Waals surface area contributed by atoms with Gasteiger partial charge in [0.05, 0.1) is 4.90 Å². The van der Waals surface area contributed by atoms with Crippen LogP contribution in [0.5, 0.6) is 0 Å². The first-order valence-electron chi connectivity index (χ1n) is 8.69. The van der Waals surface area contributed by atoms with Crippen molar-refractivity contribution in [1.82, 2.24) is 19.5 Å². The molecule has 0 spiro atoms. The van der Waals surface area contributed by atoms with Gasteiger partial charge in [-0.1, -0.05) is 11.3 Å². The van der Waals surface area contributed by atoms with E-state index < -0.39 is 10.0 Å². The zero-order valence-corrected chi connectivity index (χ0v) is 16.4. The predicted octanol–water partition coefficient (Wildman–Crippen LogP) is 2.64. The number of hydrogen-bond acceptors (Lipinski definition) is 7. The van der Waals surface area contributed by atoms with E-state index in [-0.39, 0.29) is 10.8 Å². The van der Waals surface area contributed by atoms with Gasteiger partial charge in [-0.2, -0.15) is 4.31 Å². The second-order valence-corrected chi connectivity index (χ2v) is 9.16. The quantitative estimate of drug-likeness (QED) is 0.687. The first-order valence-corrected chi connectivity index (χ1v) is 11.0. The summed E-state index contributed by atoms with van der Waals surface area (Å²) in [6.45, 7) is 1.09. The summed E-state index contributed by atoms with van der Waals surface area (Å²) in [6.07, 6.45) is 5.09. The first-order chi connectivity index (χ1) is 13.5. The van der Waals surface area contributed by atoms with Gasteiger partial charge in [0, 0.05) is 36.6 Å². The molecule has 1 aliphatic heterocycles. The summed E-state index contributed by atoms with van der Waals surface area (Å²) >= 11 is 1.24. The van der Waals surface area contributed by atoms with Crippen LogP contribution in [0.15, 0.2) is 53.7 Å². The monoisotopic (exact) mass is 415 g/mol. The summed E-state index contributed by atoms with van der Waals surface area (Å²) in [7, 11) is -3.49. The molecule has 1 amide bonds. The summed E-state index contributed by atoms with van der Waals surface area (Å²) in [4.78, 5) is 16.7. The number of aromatic nitrogens is 3. The van der Waals surface area contributed by atoms with Crippen LogP contribution < -0.4 is 5.32 Å². The average Bonchev–Trinajstić information content (AvgIpc) is 3.41. The second kappa shape index (κ2) is 7.74. The summed E-state index contributed by atoms with van der Waals surface area (Å²) in [5, 5.41) is 11.7. The Morgan fingerprint density at radius 3 is 2.50 bits per heavy atom. The highest BCUT2D eigenvalue weighted by Gasteiger charge is 2.27. The Balaban J connectivity index is 1.46. The molecule has 1 aliphatic rings. The van der Waals surface area contributed by atoms with Crippen molar-refractivity contribution in [1.29, 1.82) is 0 Å². The largest absolute Gasteiger partial charge is 0.296 e. The molecule has 1 fully saturated rings. The highest BCUT2D eigenvalue weighted by atomic mass is 32.2. The maximum Gasteiger partial charge on any atom is 0.257 e. The van der Waals surface area contributed by atoms with E-state index in [0.29, 0.717) is 28.8 Å². The number of hydrogen-bond donors (Lipinski definition) is 1. The fourth-order valence-electron chi connectivity index (χ4n) is 2.90. The summed E-state index contributed by atoms with van der Waals surface area (Å²) in [5.41, 5.74) is 1.16. The van der Waals surface area contributed by atoms with Crippen LogP contribution in [-0.2, 0) is 10.0 Å². The minimum absolute atomic E-state index is 0.195. The molecule has 10 heteroatoms. The topological polar surface area (TPSA) is 105 Å². The molecule has 1 saturated heterocycles. The van der Waals surface area contributed by atoms with E-state index in [2.05, 4.69) is 20.5 Å². The van der Waals surface area contributed by atoms with Gasteiger partial charge in [-0.15, -0.1) is 10.2 Å². The van der Waals surface area contributed by atoms with E-state index in [1.807, 2.05) is 6.07 Å². The average molecular weight is 416 g/mol. The maximum atomic E-state index is 12.5. The fraction of sp³-hybridized carbons (Fsp3) is 0.222. The maximum absolute atomic E-state index is 12.5. The van der Waals surface area contributed by atoms with Crippen molar-refractivity contribution < 1.29 is 13.2 Å². The normalized spacial score (nSPS) is 14.9. The minimum Gasteiger partial charge on any atom is -0.296 e. The molecule has 0 unspecified atom stereocenters. The van der Waals surface area contributed by atoms with Gasteiger partial charge in [0.1, 0.15) is 0 Å². The summed E-state index contributed by atoms with van der Waals surface area (Å²) in [5.74, 6) is -0.376. The van der Waals surface area contributed by atoms with E-state index >= 15 is 0 Å². The van der Waals surface area contributed by atoms with Crippen molar-refractivity contribution in [3.63, 3.8) is 0 Å². The molecule has 0 atom stereocenters. The number of nitrogens with zero attached hydrogens (tertiary/aromatic N) is 4. The number of amides is 1. The van der Waals surface area contributed by atoms with Crippen molar-refractivity contribution in [3.8, 4) is 10.6 Å².